The smallest absolute Gasteiger partial charge is 0.318 e. The highest BCUT2D eigenvalue weighted by atomic mass is 35.5. The van der Waals surface area contributed by atoms with E-state index in [0.29, 0.717) is 10.2 Å². The topological polar surface area (TPSA) is 52.1 Å². The van der Waals surface area contributed by atoms with E-state index in [1.807, 2.05) is 30.3 Å². The fraction of sp³-hybridized carbons (Fsp3) is 0.214. The number of carbonyl (C=O) groups excluding carboxylic acids is 1. The van der Waals surface area contributed by atoms with Crippen LogP contribution in [0.5, 0.6) is 0 Å². The summed E-state index contributed by atoms with van der Waals surface area (Å²) in [6.07, 6.45) is 1.67. The highest BCUT2D eigenvalue weighted by Crippen LogP contribution is 2.24. The number of ether oxygens (including phenoxy) is 1. The van der Waals surface area contributed by atoms with Crippen LogP contribution < -0.4 is 0 Å². The lowest BCUT2D eigenvalue weighted by molar-refractivity contribution is -0.139. The Morgan fingerprint density at radius 3 is 2.65 bits per heavy atom. The molecule has 0 unspecified atom stereocenters. The Balaban J connectivity index is 2.20. The van der Waals surface area contributed by atoms with E-state index in [1.54, 1.807) is 13.1 Å². The van der Waals surface area contributed by atoms with Crippen LogP contribution in [0, 0.1) is 0 Å². The number of hydrogen-bond donors (Lipinski definition) is 0. The third-order valence-electron chi connectivity index (χ3n) is 2.59. The van der Waals surface area contributed by atoms with Gasteiger partial charge in [-0.25, -0.2) is 9.97 Å². The molecule has 0 saturated carbocycles. The van der Waals surface area contributed by atoms with Crippen LogP contribution in [-0.4, -0.2) is 28.3 Å². The van der Waals surface area contributed by atoms with E-state index in [-0.39, 0.29) is 11.2 Å². The first kappa shape index (κ1) is 14.8. The number of nitrogens with zero attached hydrogens (tertiary/aromatic N) is 2. The number of carbonyl (C=O) groups is 1. The number of benzene rings is 1. The highest BCUT2D eigenvalue weighted by Gasteiger charge is 2.16. The first-order chi connectivity index (χ1) is 9.60. The summed E-state index contributed by atoms with van der Waals surface area (Å²) in [7, 11) is 1.37. The molecule has 0 aliphatic heterocycles. The molecule has 1 aromatic heterocycles. The van der Waals surface area contributed by atoms with E-state index in [4.69, 9.17) is 11.6 Å². The summed E-state index contributed by atoms with van der Waals surface area (Å²) in [5.41, 5.74) is 1.74. The van der Waals surface area contributed by atoms with Crippen molar-refractivity contribution in [2.45, 2.75) is 17.3 Å². The average Bonchev–Trinajstić information content (AvgIpc) is 2.47. The molecule has 0 bridgehead atoms. The van der Waals surface area contributed by atoms with Crippen LogP contribution in [0.3, 0.4) is 0 Å². The van der Waals surface area contributed by atoms with Gasteiger partial charge >= 0.3 is 5.97 Å². The lowest BCUT2D eigenvalue weighted by atomic mass is 10.1. The summed E-state index contributed by atoms with van der Waals surface area (Å²) >= 11 is 7.13. The first-order valence-electron chi connectivity index (χ1n) is 5.93. The van der Waals surface area contributed by atoms with Crippen molar-refractivity contribution < 1.29 is 9.53 Å². The van der Waals surface area contributed by atoms with Crippen molar-refractivity contribution in [3.05, 3.63) is 41.6 Å². The molecule has 0 spiro atoms. The van der Waals surface area contributed by atoms with Gasteiger partial charge in [-0.15, -0.1) is 0 Å². The Labute approximate surface area is 126 Å². The minimum Gasteiger partial charge on any atom is -0.468 e. The third kappa shape index (κ3) is 3.71. The van der Waals surface area contributed by atoms with E-state index < -0.39 is 0 Å². The van der Waals surface area contributed by atoms with Gasteiger partial charge in [0.05, 0.1) is 12.8 Å². The predicted molar refractivity (Wildman–Crippen MR) is 79.8 cm³/mol. The summed E-state index contributed by atoms with van der Waals surface area (Å²) in [5.74, 6) is -0.296. The van der Waals surface area contributed by atoms with Gasteiger partial charge < -0.3 is 4.74 Å². The molecule has 0 fully saturated rings. The molecule has 2 aromatic rings. The normalized spacial score (nSPS) is 11.9. The number of methoxy groups -OCH3 is 1. The number of esters is 1. The molecule has 6 heteroatoms. The van der Waals surface area contributed by atoms with Gasteiger partial charge in [-0.05, 0) is 25.1 Å². The Morgan fingerprint density at radius 1 is 1.30 bits per heavy atom. The van der Waals surface area contributed by atoms with Gasteiger partial charge in [-0.1, -0.05) is 35.5 Å². The zero-order valence-electron chi connectivity index (χ0n) is 11.0. The third-order valence-corrected chi connectivity index (χ3v) is 3.79. The van der Waals surface area contributed by atoms with Crippen molar-refractivity contribution in [2.75, 3.05) is 7.11 Å². The maximum Gasteiger partial charge on any atom is 0.318 e. The molecule has 0 aliphatic carbocycles. The zero-order chi connectivity index (χ0) is 14.5. The maximum atomic E-state index is 11.4. The molecule has 0 amide bonds. The maximum absolute atomic E-state index is 11.4. The second kappa shape index (κ2) is 6.72. The van der Waals surface area contributed by atoms with E-state index in [1.165, 1.54) is 18.9 Å². The zero-order valence-corrected chi connectivity index (χ0v) is 12.6. The van der Waals surface area contributed by atoms with Crippen LogP contribution in [0.15, 0.2) is 41.7 Å². The minimum absolute atomic E-state index is 0.296. The summed E-state index contributed by atoms with van der Waals surface area (Å²) in [6.45, 7) is 1.76. The van der Waals surface area contributed by atoms with E-state index in [2.05, 4.69) is 14.7 Å². The fourth-order valence-corrected chi connectivity index (χ4v) is 2.46. The molecule has 0 aliphatic rings. The highest BCUT2D eigenvalue weighted by molar-refractivity contribution is 8.00. The van der Waals surface area contributed by atoms with Crippen molar-refractivity contribution >= 4 is 29.3 Å². The van der Waals surface area contributed by atoms with Crippen LogP contribution >= 0.6 is 23.4 Å². The van der Waals surface area contributed by atoms with Crippen LogP contribution in [-0.2, 0) is 9.53 Å². The van der Waals surface area contributed by atoms with Crippen LogP contribution in [0.2, 0.25) is 5.02 Å². The summed E-state index contributed by atoms with van der Waals surface area (Å²) in [4.78, 5) is 20.0. The number of aromatic nitrogens is 2. The molecule has 1 atom stereocenters. The van der Waals surface area contributed by atoms with Crippen molar-refractivity contribution in [3.63, 3.8) is 0 Å². The van der Waals surface area contributed by atoms with E-state index >= 15 is 0 Å². The van der Waals surface area contributed by atoms with Crippen molar-refractivity contribution in [1.82, 2.24) is 9.97 Å². The molecule has 4 nitrogen and oxygen atoms in total. The van der Waals surface area contributed by atoms with Gasteiger partial charge in [-0.3, -0.25) is 4.79 Å². The number of hydrogen-bond acceptors (Lipinski definition) is 5. The predicted octanol–water partition coefficient (Wildman–Crippen LogP) is 3.45. The van der Waals surface area contributed by atoms with E-state index in [0.717, 1.165) is 11.3 Å². The molecule has 0 radical (unpaired) electrons. The monoisotopic (exact) mass is 308 g/mol. The second-order valence-corrected chi connectivity index (χ2v) is 5.76. The molecular weight excluding hydrogens is 296 g/mol. The van der Waals surface area contributed by atoms with Gasteiger partial charge in [0, 0.05) is 16.8 Å². The van der Waals surface area contributed by atoms with Crippen LogP contribution in [0.1, 0.15) is 6.92 Å². The Morgan fingerprint density at radius 2 is 2.00 bits per heavy atom. The SMILES string of the molecule is COC(=O)[C@@H](C)Sc1nccc(-c2ccc(Cl)cc2)n1. The molecule has 1 heterocycles. The summed E-state index contributed by atoms with van der Waals surface area (Å²) in [6, 6.07) is 9.22. The van der Waals surface area contributed by atoms with Crippen molar-refractivity contribution in [2.24, 2.45) is 0 Å². The van der Waals surface area contributed by atoms with Crippen LogP contribution in [0.4, 0.5) is 0 Å². The van der Waals surface area contributed by atoms with Crippen molar-refractivity contribution in [3.8, 4) is 11.3 Å². The molecule has 0 N–H and O–H groups in total. The molecular formula is C14H13ClN2O2S. The Kier molecular flexibility index (Phi) is 4.98. The minimum atomic E-state index is -0.347. The number of thioether (sulfide) groups is 1. The van der Waals surface area contributed by atoms with Crippen molar-refractivity contribution in [1.29, 1.82) is 0 Å². The molecule has 2 rings (SSSR count). The molecule has 104 valence electrons. The van der Waals surface area contributed by atoms with Gasteiger partial charge in [0.15, 0.2) is 5.16 Å². The lowest BCUT2D eigenvalue weighted by Crippen LogP contribution is -2.15. The standard InChI is InChI=1S/C14H13ClN2O2S/c1-9(13(18)19-2)20-14-16-8-7-12(17-14)10-3-5-11(15)6-4-10/h3-9H,1-2H3/t9-/m1/s1. The Hall–Kier alpha value is -1.59. The van der Waals surface area contributed by atoms with Gasteiger partial charge in [-0.2, -0.15) is 0 Å². The average molecular weight is 309 g/mol. The summed E-state index contributed by atoms with van der Waals surface area (Å²) in [5, 5.41) is 0.868. The number of rotatable bonds is 4. The first-order valence-corrected chi connectivity index (χ1v) is 7.19. The van der Waals surface area contributed by atoms with Gasteiger partial charge in [0.25, 0.3) is 0 Å². The Bertz CT molecular complexity index is 604. The quantitative estimate of drug-likeness (QED) is 0.492. The lowest BCUT2D eigenvalue weighted by Gasteiger charge is -2.08. The summed E-state index contributed by atoms with van der Waals surface area (Å²) < 4.78 is 4.68. The van der Waals surface area contributed by atoms with Crippen LogP contribution in [0.25, 0.3) is 11.3 Å². The fourth-order valence-electron chi connectivity index (χ4n) is 1.55. The molecule has 1 aromatic carbocycles. The van der Waals surface area contributed by atoms with E-state index in [9.17, 15) is 4.79 Å². The largest absolute Gasteiger partial charge is 0.468 e. The van der Waals surface area contributed by atoms with Gasteiger partial charge in [0.2, 0.25) is 0 Å². The van der Waals surface area contributed by atoms with Gasteiger partial charge in [0.1, 0.15) is 5.25 Å². The molecule has 20 heavy (non-hydrogen) atoms. The number of halogens is 1. The molecule has 0 saturated heterocycles. The second-order valence-electron chi connectivity index (χ2n) is 4.01.